The summed E-state index contributed by atoms with van der Waals surface area (Å²) in [7, 11) is -1.53. The summed E-state index contributed by atoms with van der Waals surface area (Å²) in [5.74, 6) is 0. The quantitative estimate of drug-likeness (QED) is 0.505. The fourth-order valence-corrected chi connectivity index (χ4v) is 2.62. The zero-order valence-electron chi connectivity index (χ0n) is 12.0. The molecule has 0 saturated heterocycles. The van der Waals surface area contributed by atoms with E-state index in [0.717, 1.165) is 12.8 Å². The Kier molecular flexibility index (Phi) is 8.67. The van der Waals surface area contributed by atoms with Crippen molar-refractivity contribution in [3.63, 3.8) is 0 Å². The predicted molar refractivity (Wildman–Crippen MR) is 67.0 cm³/mol. The van der Waals surface area contributed by atoms with Gasteiger partial charge in [0.2, 0.25) is 0 Å². The van der Waals surface area contributed by atoms with Gasteiger partial charge in [-0.25, -0.2) is 0 Å². The molecule has 0 heterocycles. The van der Waals surface area contributed by atoms with E-state index >= 15 is 0 Å². The third-order valence-corrected chi connectivity index (χ3v) is 7.77. The minimum atomic E-state index is -1.53. The average Bonchev–Trinajstić information content (AvgIpc) is 1.97. The van der Waals surface area contributed by atoms with E-state index in [0.29, 0.717) is 11.1 Å². The Hall–Kier alpha value is 0.774. The Morgan fingerprint density at radius 2 is 1.73 bits per heavy atom. The largest absolute Gasteiger partial charge is 1.00 e. The van der Waals surface area contributed by atoms with Crippen LogP contribution < -0.4 is 18.9 Å². The monoisotopic (exact) mass is 222 g/mol. The summed E-state index contributed by atoms with van der Waals surface area (Å²) >= 11 is 0. The summed E-state index contributed by atoms with van der Waals surface area (Å²) in [5, 5.41) is 0.331. The van der Waals surface area contributed by atoms with Gasteiger partial charge in [-0.3, -0.25) is 0 Å². The summed E-state index contributed by atoms with van der Waals surface area (Å²) in [6, 6.07) is 0. The molecule has 0 aliphatic heterocycles. The van der Waals surface area contributed by atoms with Crippen LogP contribution in [0.1, 0.15) is 47.5 Å². The number of hydrogen-bond acceptors (Lipinski definition) is 1. The molecule has 0 rings (SSSR count). The van der Waals surface area contributed by atoms with Crippen LogP contribution in [-0.2, 0) is 4.43 Å². The minimum absolute atomic E-state index is 0. The molecule has 0 fully saturated rings. The molecule has 0 aromatic carbocycles. The van der Waals surface area contributed by atoms with E-state index in [1.165, 1.54) is 0 Å². The van der Waals surface area contributed by atoms with Crippen LogP contribution in [0.3, 0.4) is 0 Å². The maximum absolute atomic E-state index is 6.22. The molecular formula is C12H27LiOSi. The van der Waals surface area contributed by atoms with Crippen LogP contribution in [0, 0.1) is 6.42 Å². The van der Waals surface area contributed by atoms with Gasteiger partial charge in [-0.15, -0.1) is 0 Å². The van der Waals surface area contributed by atoms with Crippen molar-refractivity contribution in [2.24, 2.45) is 0 Å². The van der Waals surface area contributed by atoms with Gasteiger partial charge in [0, 0.05) is 6.10 Å². The third-order valence-electron chi connectivity index (χ3n) is 3.16. The second-order valence-corrected chi connectivity index (χ2v) is 10.4. The van der Waals surface area contributed by atoms with E-state index in [4.69, 9.17) is 4.43 Å². The standard InChI is InChI=1S/C12H27OSi.Li/c1-8-9-10-11(2)13-14(6,7)12(3,4)5;/h8,11H,9-10H2,1-7H3;/q-1;+1/t11-;/m1./s1. The summed E-state index contributed by atoms with van der Waals surface area (Å²) < 4.78 is 6.22. The van der Waals surface area contributed by atoms with Crippen molar-refractivity contribution >= 4 is 8.32 Å². The maximum Gasteiger partial charge on any atom is 1.00 e. The molecule has 0 aromatic rings. The molecule has 0 bridgehead atoms. The molecular weight excluding hydrogens is 195 g/mol. The Morgan fingerprint density at radius 1 is 1.27 bits per heavy atom. The molecule has 0 aliphatic carbocycles. The maximum atomic E-state index is 6.22. The van der Waals surface area contributed by atoms with Crippen LogP contribution >= 0.6 is 0 Å². The molecule has 0 spiro atoms. The zero-order chi connectivity index (χ0) is 11.4. The summed E-state index contributed by atoms with van der Waals surface area (Å²) in [5.41, 5.74) is 0. The number of hydrogen-bond donors (Lipinski definition) is 0. The Balaban J connectivity index is 0. The van der Waals surface area contributed by atoms with E-state index in [9.17, 15) is 0 Å². The summed E-state index contributed by atoms with van der Waals surface area (Å²) in [6.07, 6.45) is 4.94. The van der Waals surface area contributed by atoms with Crippen molar-refractivity contribution in [2.45, 2.75) is 71.7 Å². The second kappa shape index (κ2) is 7.17. The van der Waals surface area contributed by atoms with Crippen LogP contribution in [0.4, 0.5) is 0 Å². The van der Waals surface area contributed by atoms with Crippen LogP contribution in [0.25, 0.3) is 0 Å². The predicted octanol–water partition coefficient (Wildman–Crippen LogP) is 1.41. The molecule has 1 atom stereocenters. The average molecular weight is 222 g/mol. The fraction of sp³-hybridized carbons (Fsp3) is 0.917. The van der Waals surface area contributed by atoms with E-state index in [1.807, 2.05) is 0 Å². The van der Waals surface area contributed by atoms with Gasteiger partial charge < -0.3 is 10.8 Å². The van der Waals surface area contributed by atoms with Crippen LogP contribution in [0.2, 0.25) is 18.1 Å². The molecule has 0 aliphatic rings. The van der Waals surface area contributed by atoms with Crippen molar-refractivity contribution in [2.75, 3.05) is 0 Å². The van der Waals surface area contributed by atoms with Crippen molar-refractivity contribution < 1.29 is 23.3 Å². The second-order valence-electron chi connectivity index (χ2n) is 5.67. The zero-order valence-corrected chi connectivity index (χ0v) is 13.0. The van der Waals surface area contributed by atoms with E-state index < -0.39 is 8.32 Å². The van der Waals surface area contributed by atoms with Crippen molar-refractivity contribution in [1.29, 1.82) is 0 Å². The molecule has 0 amide bonds. The Morgan fingerprint density at radius 3 is 2.07 bits per heavy atom. The smallest absolute Gasteiger partial charge is 0.414 e. The summed E-state index contributed by atoms with van der Waals surface area (Å²) in [4.78, 5) is 0. The van der Waals surface area contributed by atoms with Gasteiger partial charge >= 0.3 is 18.9 Å². The van der Waals surface area contributed by atoms with Crippen LogP contribution in [-0.4, -0.2) is 14.4 Å². The van der Waals surface area contributed by atoms with Gasteiger partial charge in [-0.1, -0.05) is 27.2 Å². The third kappa shape index (κ3) is 6.84. The van der Waals surface area contributed by atoms with E-state index in [-0.39, 0.29) is 18.9 Å². The molecule has 0 unspecified atom stereocenters. The van der Waals surface area contributed by atoms with Gasteiger partial charge in [0.15, 0.2) is 8.32 Å². The van der Waals surface area contributed by atoms with Crippen molar-refractivity contribution in [3.05, 3.63) is 6.42 Å². The molecule has 1 nitrogen and oxygen atoms in total. The Labute approximate surface area is 110 Å². The minimum Gasteiger partial charge on any atom is -0.414 e. The van der Waals surface area contributed by atoms with Crippen molar-refractivity contribution in [3.8, 4) is 0 Å². The fourth-order valence-electron chi connectivity index (χ4n) is 1.14. The molecule has 15 heavy (non-hydrogen) atoms. The Bertz CT molecular complexity index is 163. The number of unbranched alkanes of at least 4 members (excludes halogenated alkanes) is 1. The van der Waals surface area contributed by atoms with Gasteiger partial charge in [0.05, 0.1) is 0 Å². The molecule has 0 aromatic heterocycles. The molecule has 0 saturated carbocycles. The molecule has 3 heteroatoms. The summed E-state index contributed by atoms with van der Waals surface area (Å²) in [6.45, 7) is 15.8. The number of rotatable bonds is 5. The first-order chi connectivity index (χ1) is 6.20. The normalized spacial score (nSPS) is 14.6. The van der Waals surface area contributed by atoms with Gasteiger partial charge in [0.25, 0.3) is 0 Å². The van der Waals surface area contributed by atoms with Crippen LogP contribution in [0.5, 0.6) is 0 Å². The van der Waals surface area contributed by atoms with E-state index in [1.54, 1.807) is 0 Å². The van der Waals surface area contributed by atoms with E-state index in [2.05, 4.69) is 54.1 Å². The van der Waals surface area contributed by atoms with Gasteiger partial charge in [-0.2, -0.15) is 13.3 Å². The van der Waals surface area contributed by atoms with Gasteiger partial charge in [0.1, 0.15) is 0 Å². The topological polar surface area (TPSA) is 9.23 Å². The van der Waals surface area contributed by atoms with Crippen LogP contribution in [0.15, 0.2) is 0 Å². The van der Waals surface area contributed by atoms with Crippen molar-refractivity contribution in [1.82, 2.24) is 0 Å². The SMILES string of the molecule is C[CH-]CC[C@@H](C)O[Si](C)(C)C(C)(C)C.[Li+]. The molecule has 0 N–H and O–H groups in total. The first-order valence-electron chi connectivity index (χ1n) is 5.66. The first kappa shape index (κ1) is 18.1. The first-order valence-corrected chi connectivity index (χ1v) is 8.57. The molecule has 86 valence electrons. The van der Waals surface area contributed by atoms with Gasteiger partial charge in [-0.05, 0) is 25.1 Å². The molecule has 0 radical (unpaired) electrons.